The number of anilines is 1. The lowest BCUT2D eigenvalue weighted by Crippen LogP contribution is -2.39. The highest BCUT2D eigenvalue weighted by atomic mass is 16.5. The van der Waals surface area contributed by atoms with Gasteiger partial charge in [0.2, 0.25) is 0 Å². The molecule has 0 spiro atoms. The van der Waals surface area contributed by atoms with Crippen molar-refractivity contribution in [2.45, 2.75) is 25.4 Å². The van der Waals surface area contributed by atoms with Gasteiger partial charge in [-0.1, -0.05) is 11.8 Å². The average Bonchev–Trinajstić information content (AvgIpc) is 2.85. The van der Waals surface area contributed by atoms with E-state index in [1.165, 1.54) is 0 Å². The molecule has 0 radical (unpaired) electrons. The zero-order valence-corrected chi connectivity index (χ0v) is 10.8. The number of hydrogen-bond donors (Lipinski definition) is 2. The first kappa shape index (κ1) is 13.5. The van der Waals surface area contributed by atoms with E-state index < -0.39 is 5.60 Å². The zero-order valence-electron chi connectivity index (χ0n) is 10.8. The number of pyridine rings is 1. The number of rotatable bonds is 2. The van der Waals surface area contributed by atoms with E-state index in [-0.39, 0.29) is 12.5 Å². The molecule has 1 aromatic heterocycles. The van der Waals surface area contributed by atoms with Gasteiger partial charge in [0.1, 0.15) is 18.0 Å². The van der Waals surface area contributed by atoms with E-state index in [9.17, 15) is 4.79 Å². The quantitative estimate of drug-likeness (QED) is 0.776. The lowest BCUT2D eigenvalue weighted by Gasteiger charge is -2.21. The van der Waals surface area contributed by atoms with Gasteiger partial charge in [0.25, 0.3) is 5.91 Å². The standard InChI is InChI=1S/C14H16N2O3/c1-14(6-3-9-19-14)13(18)16-12-10-11(4-2-8-17)5-7-15-12/h5,7,10,17H,3,6,8-9H2,1H3,(H,15,16,18). The Balaban J connectivity index is 2.08. The second kappa shape index (κ2) is 5.83. The molecule has 1 saturated heterocycles. The van der Waals surface area contributed by atoms with Crippen LogP contribution in [0.25, 0.3) is 0 Å². The highest BCUT2D eigenvalue weighted by Gasteiger charge is 2.37. The van der Waals surface area contributed by atoms with Crippen molar-refractivity contribution < 1.29 is 14.6 Å². The van der Waals surface area contributed by atoms with Crippen molar-refractivity contribution in [2.75, 3.05) is 18.5 Å². The summed E-state index contributed by atoms with van der Waals surface area (Å²) < 4.78 is 5.47. The predicted molar refractivity (Wildman–Crippen MR) is 70.4 cm³/mol. The number of aromatic nitrogens is 1. The van der Waals surface area contributed by atoms with Crippen LogP contribution in [0, 0.1) is 11.8 Å². The number of carbonyl (C=O) groups excluding carboxylic acids is 1. The molecule has 0 aromatic carbocycles. The van der Waals surface area contributed by atoms with Gasteiger partial charge in [0.15, 0.2) is 0 Å². The lowest BCUT2D eigenvalue weighted by atomic mass is 10.0. The van der Waals surface area contributed by atoms with Gasteiger partial charge in [0.05, 0.1) is 0 Å². The first-order chi connectivity index (χ1) is 9.14. The summed E-state index contributed by atoms with van der Waals surface area (Å²) >= 11 is 0. The fourth-order valence-electron chi connectivity index (χ4n) is 1.92. The van der Waals surface area contributed by atoms with Crippen LogP contribution in [0.5, 0.6) is 0 Å². The highest BCUT2D eigenvalue weighted by molar-refractivity contribution is 5.96. The highest BCUT2D eigenvalue weighted by Crippen LogP contribution is 2.26. The summed E-state index contributed by atoms with van der Waals surface area (Å²) in [5.74, 6) is 5.56. The summed E-state index contributed by atoms with van der Waals surface area (Å²) in [6, 6.07) is 3.38. The minimum absolute atomic E-state index is 0.190. The van der Waals surface area contributed by atoms with Crippen LogP contribution >= 0.6 is 0 Å². The summed E-state index contributed by atoms with van der Waals surface area (Å²) in [7, 11) is 0. The third-order valence-corrected chi connectivity index (χ3v) is 3.01. The molecule has 1 fully saturated rings. The average molecular weight is 260 g/mol. The predicted octanol–water partition coefficient (Wildman–Crippen LogP) is 0.933. The smallest absolute Gasteiger partial charge is 0.257 e. The molecule has 1 aliphatic heterocycles. The molecule has 0 aliphatic carbocycles. The van der Waals surface area contributed by atoms with Crippen LogP contribution in [-0.2, 0) is 9.53 Å². The van der Waals surface area contributed by atoms with Crippen molar-refractivity contribution in [3.63, 3.8) is 0 Å². The SMILES string of the molecule is CC1(C(=O)Nc2cc(C#CCO)ccn2)CCCO1. The maximum Gasteiger partial charge on any atom is 0.257 e. The van der Waals surface area contributed by atoms with Gasteiger partial charge in [-0.15, -0.1) is 0 Å². The second-order valence-electron chi connectivity index (χ2n) is 4.53. The van der Waals surface area contributed by atoms with Gasteiger partial charge in [-0.25, -0.2) is 4.98 Å². The van der Waals surface area contributed by atoms with Crippen LogP contribution in [-0.4, -0.2) is 34.8 Å². The van der Waals surface area contributed by atoms with Crippen LogP contribution in [0.2, 0.25) is 0 Å². The monoisotopic (exact) mass is 260 g/mol. The molecule has 2 N–H and O–H groups in total. The molecule has 1 aromatic rings. The van der Waals surface area contributed by atoms with Gasteiger partial charge in [-0.05, 0) is 31.9 Å². The Bertz CT molecular complexity index is 525. The Morgan fingerprint density at radius 3 is 3.21 bits per heavy atom. The van der Waals surface area contributed by atoms with E-state index >= 15 is 0 Å². The summed E-state index contributed by atoms with van der Waals surface area (Å²) in [4.78, 5) is 16.2. The molecule has 0 bridgehead atoms. The fraction of sp³-hybridized carbons (Fsp3) is 0.429. The lowest BCUT2D eigenvalue weighted by molar-refractivity contribution is -0.133. The number of nitrogens with zero attached hydrogens (tertiary/aromatic N) is 1. The number of aliphatic hydroxyl groups excluding tert-OH is 1. The largest absolute Gasteiger partial charge is 0.384 e. The number of aliphatic hydroxyl groups is 1. The van der Waals surface area contributed by atoms with Gasteiger partial charge in [-0.2, -0.15) is 0 Å². The Kier molecular flexibility index (Phi) is 4.15. The summed E-state index contributed by atoms with van der Waals surface area (Å²) in [6.07, 6.45) is 3.16. The van der Waals surface area contributed by atoms with E-state index in [0.717, 1.165) is 6.42 Å². The Labute approximate surface area is 112 Å². The van der Waals surface area contributed by atoms with E-state index in [0.29, 0.717) is 24.4 Å². The van der Waals surface area contributed by atoms with Gasteiger partial charge in [0, 0.05) is 18.4 Å². The van der Waals surface area contributed by atoms with Gasteiger partial charge >= 0.3 is 0 Å². The maximum absolute atomic E-state index is 12.1. The molecule has 100 valence electrons. The molecule has 0 saturated carbocycles. The number of nitrogens with one attached hydrogen (secondary N) is 1. The molecular weight excluding hydrogens is 244 g/mol. The molecule has 19 heavy (non-hydrogen) atoms. The Morgan fingerprint density at radius 1 is 1.68 bits per heavy atom. The minimum Gasteiger partial charge on any atom is -0.384 e. The molecule has 1 amide bonds. The second-order valence-corrected chi connectivity index (χ2v) is 4.53. The normalized spacial score (nSPS) is 21.6. The molecule has 1 atom stereocenters. The zero-order chi connectivity index (χ0) is 13.7. The van der Waals surface area contributed by atoms with Crippen LogP contribution in [0.15, 0.2) is 18.3 Å². The van der Waals surface area contributed by atoms with E-state index in [2.05, 4.69) is 22.1 Å². The Hall–Kier alpha value is -1.90. The third-order valence-electron chi connectivity index (χ3n) is 3.01. The maximum atomic E-state index is 12.1. The molecular formula is C14H16N2O3. The summed E-state index contributed by atoms with van der Waals surface area (Å²) in [5, 5.41) is 11.4. The van der Waals surface area contributed by atoms with Crippen molar-refractivity contribution >= 4 is 11.7 Å². The Morgan fingerprint density at radius 2 is 2.53 bits per heavy atom. The third kappa shape index (κ3) is 3.31. The number of ether oxygens (including phenoxy) is 1. The molecule has 2 heterocycles. The van der Waals surface area contributed by atoms with Crippen LogP contribution in [0.4, 0.5) is 5.82 Å². The molecule has 5 nitrogen and oxygen atoms in total. The topological polar surface area (TPSA) is 71.5 Å². The number of amides is 1. The molecule has 1 unspecified atom stereocenters. The molecule has 5 heteroatoms. The van der Waals surface area contributed by atoms with Crippen LogP contribution in [0.3, 0.4) is 0 Å². The van der Waals surface area contributed by atoms with Gasteiger partial charge < -0.3 is 15.2 Å². The first-order valence-corrected chi connectivity index (χ1v) is 6.15. The summed E-state index contributed by atoms with van der Waals surface area (Å²) in [5.41, 5.74) is -0.0779. The summed E-state index contributed by atoms with van der Waals surface area (Å²) in [6.45, 7) is 2.19. The molecule has 2 rings (SSSR count). The van der Waals surface area contributed by atoms with E-state index in [1.54, 1.807) is 25.3 Å². The van der Waals surface area contributed by atoms with Crippen LogP contribution in [0.1, 0.15) is 25.3 Å². The van der Waals surface area contributed by atoms with Crippen molar-refractivity contribution in [2.24, 2.45) is 0 Å². The number of carbonyl (C=O) groups is 1. The molecule has 1 aliphatic rings. The van der Waals surface area contributed by atoms with Crippen molar-refractivity contribution in [1.29, 1.82) is 0 Å². The fourth-order valence-corrected chi connectivity index (χ4v) is 1.92. The van der Waals surface area contributed by atoms with E-state index in [1.807, 2.05) is 0 Å². The van der Waals surface area contributed by atoms with Crippen molar-refractivity contribution in [1.82, 2.24) is 4.98 Å². The van der Waals surface area contributed by atoms with Crippen LogP contribution < -0.4 is 5.32 Å². The van der Waals surface area contributed by atoms with Crippen molar-refractivity contribution in [3.8, 4) is 11.8 Å². The van der Waals surface area contributed by atoms with E-state index in [4.69, 9.17) is 9.84 Å². The number of hydrogen-bond acceptors (Lipinski definition) is 4. The minimum atomic E-state index is -0.769. The van der Waals surface area contributed by atoms with Gasteiger partial charge in [-0.3, -0.25) is 4.79 Å². The first-order valence-electron chi connectivity index (χ1n) is 6.15. The van der Waals surface area contributed by atoms with Crippen molar-refractivity contribution in [3.05, 3.63) is 23.9 Å².